The zero-order chi connectivity index (χ0) is 7.98. The van der Waals surface area contributed by atoms with Gasteiger partial charge in [0.05, 0.1) is 5.88 Å². The zero-order valence-corrected chi connectivity index (χ0v) is 7.24. The quantitative estimate of drug-likeness (QED) is 0.417. The molecule has 4 heteroatoms. The van der Waals surface area contributed by atoms with Crippen LogP contribution >= 0.6 is 12.6 Å². The fourth-order valence-electron chi connectivity index (χ4n) is 0.431. The largest absolute Gasteiger partial charge is 0.338 e. The molecular weight excluding hydrogens is 148 g/mol. The Labute approximate surface area is 67.0 Å². The predicted octanol–water partition coefficient (Wildman–Crippen LogP) is 0.829. The van der Waals surface area contributed by atoms with Crippen LogP contribution in [0.15, 0.2) is 0 Å². The Bertz CT molecular complexity index is 106. The molecule has 10 heavy (non-hydrogen) atoms. The first-order chi connectivity index (χ1) is 4.66. The van der Waals surface area contributed by atoms with Crippen molar-refractivity contribution in [1.82, 2.24) is 10.6 Å². The van der Waals surface area contributed by atoms with Gasteiger partial charge in [-0.1, -0.05) is 13.8 Å². The van der Waals surface area contributed by atoms with Crippen LogP contribution in [0.3, 0.4) is 0 Å². The Morgan fingerprint density at radius 2 is 2.10 bits per heavy atom. The Kier molecular flexibility index (Phi) is 5.20. The molecule has 0 rings (SSSR count). The molecule has 0 atom stereocenters. The number of amides is 2. The summed E-state index contributed by atoms with van der Waals surface area (Å²) in [7, 11) is 0. The summed E-state index contributed by atoms with van der Waals surface area (Å²) in [6.45, 7) is 4.79. The van der Waals surface area contributed by atoms with Crippen LogP contribution in [0.1, 0.15) is 13.8 Å². The van der Waals surface area contributed by atoms with Gasteiger partial charge in [0.25, 0.3) is 0 Å². The average molecular weight is 162 g/mol. The molecule has 0 saturated carbocycles. The van der Waals surface area contributed by atoms with Crippen LogP contribution in [0.4, 0.5) is 4.79 Å². The summed E-state index contributed by atoms with van der Waals surface area (Å²) in [4.78, 5) is 10.7. The number of hydrogen-bond donors (Lipinski definition) is 3. The van der Waals surface area contributed by atoms with Gasteiger partial charge in [0.1, 0.15) is 0 Å². The second-order valence-corrected chi connectivity index (χ2v) is 2.75. The molecule has 2 N–H and O–H groups in total. The zero-order valence-electron chi connectivity index (χ0n) is 6.35. The maximum absolute atomic E-state index is 10.7. The van der Waals surface area contributed by atoms with Crippen molar-refractivity contribution in [2.24, 2.45) is 5.92 Å². The minimum Gasteiger partial charge on any atom is -0.338 e. The Morgan fingerprint density at radius 1 is 1.50 bits per heavy atom. The van der Waals surface area contributed by atoms with E-state index in [2.05, 4.69) is 23.3 Å². The van der Waals surface area contributed by atoms with Crippen LogP contribution in [0.5, 0.6) is 0 Å². The molecule has 0 heterocycles. The molecular formula is C6H14N2OS. The van der Waals surface area contributed by atoms with Crippen LogP contribution in [-0.4, -0.2) is 18.5 Å². The highest BCUT2D eigenvalue weighted by atomic mass is 32.1. The normalized spacial score (nSPS) is 9.60. The van der Waals surface area contributed by atoms with E-state index in [9.17, 15) is 4.79 Å². The lowest BCUT2D eigenvalue weighted by Gasteiger charge is -2.06. The van der Waals surface area contributed by atoms with Crippen molar-refractivity contribution in [3.8, 4) is 0 Å². The Balaban J connectivity index is 3.22. The van der Waals surface area contributed by atoms with E-state index >= 15 is 0 Å². The summed E-state index contributed by atoms with van der Waals surface area (Å²) in [5.74, 6) is 0.870. The van der Waals surface area contributed by atoms with Crippen LogP contribution < -0.4 is 10.6 Å². The standard InChI is InChI=1S/C6H14N2OS/c1-5(2)3-7-6(9)8-4-10/h5,10H,3-4H2,1-2H3,(H2,7,8,9). The third kappa shape index (κ3) is 5.75. The Morgan fingerprint density at radius 3 is 2.50 bits per heavy atom. The number of carbonyl (C=O) groups is 1. The van der Waals surface area contributed by atoms with Gasteiger partial charge in [-0.3, -0.25) is 0 Å². The fraction of sp³-hybridized carbons (Fsp3) is 0.833. The number of nitrogens with one attached hydrogen (secondary N) is 2. The lowest BCUT2D eigenvalue weighted by atomic mass is 10.2. The van der Waals surface area contributed by atoms with E-state index in [1.54, 1.807) is 0 Å². The molecule has 0 bridgehead atoms. The third-order valence-corrected chi connectivity index (χ3v) is 1.07. The van der Waals surface area contributed by atoms with Gasteiger partial charge in [0.15, 0.2) is 0 Å². The van der Waals surface area contributed by atoms with Gasteiger partial charge in [0.2, 0.25) is 0 Å². The van der Waals surface area contributed by atoms with E-state index in [0.717, 1.165) is 0 Å². The van der Waals surface area contributed by atoms with Crippen molar-refractivity contribution in [2.75, 3.05) is 12.4 Å². The van der Waals surface area contributed by atoms with Crippen molar-refractivity contribution in [1.29, 1.82) is 0 Å². The van der Waals surface area contributed by atoms with Crippen molar-refractivity contribution in [3.63, 3.8) is 0 Å². The fourth-order valence-corrected chi connectivity index (χ4v) is 0.575. The SMILES string of the molecule is CC(C)CNC(=O)NCS. The molecule has 0 aromatic heterocycles. The first-order valence-electron chi connectivity index (χ1n) is 3.29. The molecule has 0 aliphatic carbocycles. The molecule has 2 amide bonds. The van der Waals surface area contributed by atoms with E-state index in [-0.39, 0.29) is 6.03 Å². The van der Waals surface area contributed by atoms with Gasteiger partial charge in [-0.05, 0) is 5.92 Å². The lowest BCUT2D eigenvalue weighted by molar-refractivity contribution is 0.241. The summed E-state index contributed by atoms with van der Waals surface area (Å²) in [5, 5.41) is 5.20. The maximum atomic E-state index is 10.7. The van der Waals surface area contributed by atoms with E-state index in [1.165, 1.54) is 0 Å². The summed E-state index contributed by atoms with van der Waals surface area (Å²) in [5.41, 5.74) is 0. The van der Waals surface area contributed by atoms with Gasteiger partial charge >= 0.3 is 6.03 Å². The highest BCUT2D eigenvalue weighted by molar-refractivity contribution is 7.80. The summed E-state index contributed by atoms with van der Waals surface area (Å²) in [6.07, 6.45) is 0. The minimum atomic E-state index is -0.149. The summed E-state index contributed by atoms with van der Waals surface area (Å²) < 4.78 is 0. The van der Waals surface area contributed by atoms with Gasteiger partial charge in [-0.2, -0.15) is 12.6 Å². The molecule has 0 aromatic carbocycles. The number of carbonyl (C=O) groups excluding carboxylic acids is 1. The average Bonchev–Trinajstić information content (AvgIpc) is 1.85. The number of urea groups is 1. The first kappa shape index (κ1) is 9.62. The van der Waals surface area contributed by atoms with Crippen LogP contribution in [0, 0.1) is 5.92 Å². The van der Waals surface area contributed by atoms with Gasteiger partial charge in [-0.15, -0.1) is 0 Å². The van der Waals surface area contributed by atoms with E-state index in [0.29, 0.717) is 18.3 Å². The molecule has 0 aliphatic heterocycles. The highest BCUT2D eigenvalue weighted by Gasteiger charge is 1.97. The molecule has 0 aliphatic rings. The van der Waals surface area contributed by atoms with Crippen molar-refractivity contribution < 1.29 is 4.79 Å². The smallest absolute Gasteiger partial charge is 0.315 e. The molecule has 0 spiro atoms. The van der Waals surface area contributed by atoms with Crippen LogP contribution in [0.25, 0.3) is 0 Å². The van der Waals surface area contributed by atoms with Gasteiger partial charge in [-0.25, -0.2) is 4.79 Å². The van der Waals surface area contributed by atoms with Crippen molar-refractivity contribution in [3.05, 3.63) is 0 Å². The monoisotopic (exact) mass is 162 g/mol. The van der Waals surface area contributed by atoms with E-state index in [1.807, 2.05) is 13.8 Å². The van der Waals surface area contributed by atoms with E-state index < -0.39 is 0 Å². The second-order valence-electron chi connectivity index (χ2n) is 2.44. The van der Waals surface area contributed by atoms with Crippen molar-refractivity contribution in [2.45, 2.75) is 13.8 Å². The maximum Gasteiger partial charge on any atom is 0.315 e. The summed E-state index contributed by atoms with van der Waals surface area (Å²) in [6, 6.07) is -0.149. The number of rotatable bonds is 3. The molecule has 0 unspecified atom stereocenters. The Hall–Kier alpha value is -0.380. The van der Waals surface area contributed by atoms with Crippen LogP contribution in [-0.2, 0) is 0 Å². The number of hydrogen-bond acceptors (Lipinski definition) is 2. The molecule has 0 radical (unpaired) electrons. The van der Waals surface area contributed by atoms with Crippen molar-refractivity contribution >= 4 is 18.7 Å². The number of thiol groups is 1. The van der Waals surface area contributed by atoms with Gasteiger partial charge in [0, 0.05) is 6.54 Å². The lowest BCUT2D eigenvalue weighted by Crippen LogP contribution is -2.36. The molecule has 0 fully saturated rings. The molecule has 60 valence electrons. The van der Waals surface area contributed by atoms with E-state index in [4.69, 9.17) is 0 Å². The highest BCUT2D eigenvalue weighted by Crippen LogP contribution is 1.86. The van der Waals surface area contributed by atoms with Gasteiger partial charge < -0.3 is 10.6 Å². The molecule has 0 aromatic rings. The molecule has 3 nitrogen and oxygen atoms in total. The first-order valence-corrected chi connectivity index (χ1v) is 3.92. The topological polar surface area (TPSA) is 41.1 Å². The predicted molar refractivity (Wildman–Crippen MR) is 45.2 cm³/mol. The summed E-state index contributed by atoms with van der Waals surface area (Å²) >= 11 is 3.83. The van der Waals surface area contributed by atoms with Crippen LogP contribution in [0.2, 0.25) is 0 Å². The third-order valence-electron chi connectivity index (χ3n) is 0.910. The minimum absolute atomic E-state index is 0.149. The second kappa shape index (κ2) is 5.41. The molecule has 0 saturated heterocycles.